The maximum absolute atomic E-state index is 6.05. The number of aromatic nitrogens is 3. The fraction of sp³-hybridized carbons (Fsp3) is 0.278. The van der Waals surface area contributed by atoms with Gasteiger partial charge in [-0.05, 0) is 18.2 Å². The third-order valence-electron chi connectivity index (χ3n) is 4.00. The average molecular weight is 535 g/mol. The average Bonchev–Trinajstić information content (AvgIpc) is 3.22. The molecule has 0 bridgehead atoms. The summed E-state index contributed by atoms with van der Waals surface area (Å²) in [5.74, 6) is 1.66. The van der Waals surface area contributed by atoms with Crippen LogP contribution in [0.1, 0.15) is 11.6 Å². The van der Waals surface area contributed by atoms with E-state index < -0.39 is 0 Å². The number of nitrogens with zero attached hydrogens (tertiary/aromatic N) is 5. The Kier molecular flexibility index (Phi) is 8.14. The highest BCUT2D eigenvalue weighted by Crippen LogP contribution is 2.20. The summed E-state index contributed by atoms with van der Waals surface area (Å²) in [5, 5.41) is 8.56. The Hall–Kier alpha value is -1.78. The van der Waals surface area contributed by atoms with Gasteiger partial charge in [-0.3, -0.25) is 4.99 Å². The first-order valence-corrected chi connectivity index (χ1v) is 9.03. The van der Waals surface area contributed by atoms with Crippen molar-refractivity contribution in [2.45, 2.75) is 13.1 Å². The normalized spacial score (nSPS) is 11.2. The topological polar surface area (TPSA) is 71.5 Å². The van der Waals surface area contributed by atoms with E-state index in [0.29, 0.717) is 40.8 Å². The van der Waals surface area contributed by atoms with Gasteiger partial charge in [-0.15, -0.1) is 24.0 Å². The molecule has 0 atom stereocenters. The van der Waals surface area contributed by atoms with Gasteiger partial charge in [0.15, 0.2) is 5.96 Å². The Morgan fingerprint density at radius 2 is 2.07 bits per heavy atom. The maximum Gasteiger partial charge on any atom is 0.246 e. The van der Waals surface area contributed by atoms with Gasteiger partial charge in [-0.25, -0.2) is 0 Å². The summed E-state index contributed by atoms with van der Waals surface area (Å²) in [6.45, 7) is 1.01. The number of halogens is 3. The zero-order valence-electron chi connectivity index (χ0n) is 15.7. The van der Waals surface area contributed by atoms with E-state index in [1.165, 1.54) is 0 Å². The van der Waals surface area contributed by atoms with Crippen LogP contribution >= 0.6 is 47.2 Å². The van der Waals surface area contributed by atoms with E-state index >= 15 is 0 Å². The highest BCUT2D eigenvalue weighted by Gasteiger charge is 2.13. The molecule has 0 saturated heterocycles. The van der Waals surface area contributed by atoms with Gasteiger partial charge in [0.2, 0.25) is 11.7 Å². The van der Waals surface area contributed by atoms with Gasteiger partial charge < -0.3 is 19.3 Å². The van der Waals surface area contributed by atoms with Crippen LogP contribution in [-0.2, 0) is 20.1 Å². The monoisotopic (exact) mass is 534 g/mol. The molecule has 1 aromatic carbocycles. The van der Waals surface area contributed by atoms with E-state index in [9.17, 15) is 0 Å². The van der Waals surface area contributed by atoms with Crippen LogP contribution in [0, 0.1) is 0 Å². The second-order valence-electron chi connectivity index (χ2n) is 6.04. The molecule has 2 aromatic heterocycles. The van der Waals surface area contributed by atoms with Crippen molar-refractivity contribution in [1.29, 1.82) is 0 Å². The lowest BCUT2D eigenvalue weighted by Crippen LogP contribution is -2.38. The van der Waals surface area contributed by atoms with Crippen LogP contribution in [0.2, 0.25) is 10.0 Å². The number of benzene rings is 1. The van der Waals surface area contributed by atoms with Crippen LogP contribution in [0.25, 0.3) is 11.4 Å². The third-order valence-corrected chi connectivity index (χ3v) is 4.44. The van der Waals surface area contributed by atoms with Gasteiger partial charge in [-0.2, -0.15) is 4.98 Å². The van der Waals surface area contributed by atoms with Crippen LogP contribution in [0.5, 0.6) is 0 Å². The smallest absolute Gasteiger partial charge is 0.246 e. The van der Waals surface area contributed by atoms with Gasteiger partial charge in [0.1, 0.15) is 0 Å². The molecule has 3 rings (SSSR count). The van der Waals surface area contributed by atoms with E-state index in [1.807, 2.05) is 48.0 Å². The molecular formula is C18H21Cl2IN6O. The Labute approximate surface area is 190 Å². The fourth-order valence-electron chi connectivity index (χ4n) is 2.65. The van der Waals surface area contributed by atoms with E-state index in [0.717, 1.165) is 11.3 Å². The van der Waals surface area contributed by atoms with E-state index in [2.05, 4.69) is 20.4 Å². The minimum atomic E-state index is 0. The predicted octanol–water partition coefficient (Wildman–Crippen LogP) is 4.21. The summed E-state index contributed by atoms with van der Waals surface area (Å²) in [7, 11) is 5.63. The first kappa shape index (κ1) is 22.5. The van der Waals surface area contributed by atoms with Gasteiger partial charge >= 0.3 is 0 Å². The number of aliphatic imine (C=N–C) groups is 1. The van der Waals surface area contributed by atoms with Crippen molar-refractivity contribution in [3.8, 4) is 11.4 Å². The van der Waals surface area contributed by atoms with Crippen molar-refractivity contribution in [2.75, 3.05) is 14.1 Å². The van der Waals surface area contributed by atoms with Crippen LogP contribution in [0.4, 0.5) is 0 Å². The molecule has 0 aliphatic heterocycles. The van der Waals surface area contributed by atoms with Crippen molar-refractivity contribution < 1.29 is 4.52 Å². The minimum Gasteiger partial charge on any atom is -0.351 e. The lowest BCUT2D eigenvalue weighted by molar-refractivity contribution is 0.371. The molecule has 0 aliphatic rings. The molecule has 0 radical (unpaired) electrons. The summed E-state index contributed by atoms with van der Waals surface area (Å²) in [6.07, 6.45) is 1.87. The van der Waals surface area contributed by atoms with Crippen LogP contribution in [-0.4, -0.2) is 39.7 Å². The van der Waals surface area contributed by atoms with Crippen molar-refractivity contribution in [3.63, 3.8) is 0 Å². The zero-order chi connectivity index (χ0) is 19.4. The first-order valence-electron chi connectivity index (χ1n) is 8.27. The quantitative estimate of drug-likeness (QED) is 0.301. The van der Waals surface area contributed by atoms with Gasteiger partial charge in [0.25, 0.3) is 0 Å². The number of nitrogens with one attached hydrogen (secondary N) is 1. The molecule has 2 heterocycles. The summed E-state index contributed by atoms with van der Waals surface area (Å²) in [5.41, 5.74) is 1.88. The molecule has 28 heavy (non-hydrogen) atoms. The second-order valence-corrected chi connectivity index (χ2v) is 6.91. The Morgan fingerprint density at radius 1 is 1.29 bits per heavy atom. The Bertz CT molecular complexity index is 955. The van der Waals surface area contributed by atoms with E-state index in [1.54, 1.807) is 19.2 Å². The second kappa shape index (κ2) is 10.1. The van der Waals surface area contributed by atoms with Gasteiger partial charge in [0, 0.05) is 43.6 Å². The summed E-state index contributed by atoms with van der Waals surface area (Å²) in [6, 6.07) is 9.25. The molecule has 7 nitrogen and oxygen atoms in total. The van der Waals surface area contributed by atoms with E-state index in [4.69, 9.17) is 27.7 Å². The summed E-state index contributed by atoms with van der Waals surface area (Å²) < 4.78 is 7.30. The lowest BCUT2D eigenvalue weighted by Gasteiger charge is -2.21. The van der Waals surface area contributed by atoms with Crippen molar-refractivity contribution in [2.24, 2.45) is 12.0 Å². The van der Waals surface area contributed by atoms with Crippen molar-refractivity contribution in [1.82, 2.24) is 24.9 Å². The fourth-order valence-corrected chi connectivity index (χ4v) is 3.11. The van der Waals surface area contributed by atoms with Gasteiger partial charge in [0.05, 0.1) is 18.1 Å². The number of aryl methyl sites for hydroxylation is 1. The highest BCUT2D eigenvalue weighted by atomic mass is 127. The number of hydrogen-bond acceptors (Lipinski definition) is 4. The molecule has 3 aromatic rings. The number of rotatable bonds is 5. The van der Waals surface area contributed by atoms with Crippen LogP contribution in [0.15, 0.2) is 46.0 Å². The molecule has 150 valence electrons. The lowest BCUT2D eigenvalue weighted by atomic mass is 10.2. The van der Waals surface area contributed by atoms with Crippen LogP contribution < -0.4 is 5.32 Å². The molecular weight excluding hydrogens is 514 g/mol. The van der Waals surface area contributed by atoms with Crippen LogP contribution in [0.3, 0.4) is 0 Å². The van der Waals surface area contributed by atoms with E-state index in [-0.39, 0.29) is 24.0 Å². The third kappa shape index (κ3) is 5.62. The summed E-state index contributed by atoms with van der Waals surface area (Å²) >= 11 is 12.1. The van der Waals surface area contributed by atoms with Crippen molar-refractivity contribution in [3.05, 3.63) is 58.2 Å². The SMILES string of the molecule is CN=C(NCc1nc(-c2cccc(Cl)c2)no1)N(C)Cc1cc(Cl)cn1C.I. The number of guanidine groups is 1. The van der Waals surface area contributed by atoms with Crippen molar-refractivity contribution >= 4 is 53.1 Å². The molecule has 0 saturated carbocycles. The molecule has 0 spiro atoms. The molecule has 0 amide bonds. The molecule has 0 fully saturated rings. The largest absolute Gasteiger partial charge is 0.351 e. The molecule has 0 unspecified atom stereocenters. The minimum absolute atomic E-state index is 0. The standard InChI is InChI=1S/C18H20Cl2N6O.HI/c1-21-18(26(3)11-15-8-14(20)10-25(15)2)22-9-16-23-17(24-27-16)12-5-4-6-13(19)7-12;/h4-8,10H,9,11H2,1-3H3,(H,21,22);1H. The van der Waals surface area contributed by atoms with Gasteiger partial charge in [-0.1, -0.05) is 40.5 Å². The number of hydrogen-bond donors (Lipinski definition) is 1. The molecule has 10 heteroatoms. The predicted molar refractivity (Wildman–Crippen MR) is 122 cm³/mol. The highest BCUT2D eigenvalue weighted by molar-refractivity contribution is 14.0. The Balaban J connectivity index is 0.00000280. The Morgan fingerprint density at radius 3 is 2.71 bits per heavy atom. The molecule has 1 N–H and O–H groups in total. The first-order chi connectivity index (χ1) is 13.0. The maximum atomic E-state index is 6.05. The zero-order valence-corrected chi connectivity index (χ0v) is 19.5. The summed E-state index contributed by atoms with van der Waals surface area (Å²) in [4.78, 5) is 10.7. The molecule has 0 aliphatic carbocycles.